The molecule has 0 aliphatic rings. The van der Waals surface area contributed by atoms with E-state index in [4.69, 9.17) is 4.74 Å². The van der Waals surface area contributed by atoms with Crippen LogP contribution in [0.1, 0.15) is 38.6 Å². The van der Waals surface area contributed by atoms with Crippen LogP contribution in [0.5, 0.6) is 0 Å². The number of benzene rings is 1. The lowest BCUT2D eigenvalue weighted by Gasteiger charge is -2.08. The molecule has 9 heteroatoms. The van der Waals surface area contributed by atoms with Gasteiger partial charge >= 0.3 is 5.97 Å². The third-order valence-corrected chi connectivity index (χ3v) is 6.16. The number of aromatic nitrogens is 6. The van der Waals surface area contributed by atoms with Crippen molar-refractivity contribution in [2.45, 2.75) is 38.3 Å². The summed E-state index contributed by atoms with van der Waals surface area (Å²) >= 11 is 1.46. The van der Waals surface area contributed by atoms with Crippen LogP contribution >= 0.6 is 11.8 Å². The minimum Gasteiger partial charge on any atom is -0.456 e. The predicted octanol–water partition coefficient (Wildman–Crippen LogP) is 4.35. The highest BCUT2D eigenvalue weighted by Gasteiger charge is 2.15. The number of fused-ring (bicyclic) bond motifs is 2. The maximum Gasteiger partial charge on any atom is 0.338 e. The molecule has 0 radical (unpaired) electrons. The monoisotopic (exact) mass is 458 g/mol. The first-order valence-corrected chi connectivity index (χ1v) is 11.5. The topological polar surface area (TPSA) is 86.7 Å². The van der Waals surface area contributed by atoms with E-state index in [1.54, 1.807) is 10.6 Å². The number of carbonyl (C=O) groups excluding carboxylic acids is 1. The van der Waals surface area contributed by atoms with Crippen LogP contribution in [-0.4, -0.2) is 34.9 Å². The lowest BCUT2D eigenvalue weighted by atomic mass is 10.1. The van der Waals surface area contributed by atoms with Crippen molar-refractivity contribution in [1.82, 2.24) is 29.0 Å². The summed E-state index contributed by atoms with van der Waals surface area (Å²) in [6, 6.07) is 13.4. The maximum atomic E-state index is 12.8. The van der Waals surface area contributed by atoms with Crippen LogP contribution in [0.2, 0.25) is 0 Å². The van der Waals surface area contributed by atoms with Crippen LogP contribution in [-0.2, 0) is 17.1 Å². The minimum absolute atomic E-state index is 0.111. The molecule has 0 fully saturated rings. The molecule has 0 aliphatic heterocycles. The van der Waals surface area contributed by atoms with Crippen LogP contribution in [0.25, 0.3) is 11.4 Å². The summed E-state index contributed by atoms with van der Waals surface area (Å²) in [5.41, 5.74) is 5.90. The smallest absolute Gasteiger partial charge is 0.338 e. The van der Waals surface area contributed by atoms with E-state index in [0.29, 0.717) is 27.9 Å². The molecule has 0 bridgehead atoms. The lowest BCUT2D eigenvalue weighted by Crippen LogP contribution is -2.08. The Morgan fingerprint density at radius 1 is 1.06 bits per heavy atom. The number of nitrogens with zero attached hydrogens (tertiary/aromatic N) is 6. The molecule has 0 saturated heterocycles. The summed E-state index contributed by atoms with van der Waals surface area (Å²) in [6.45, 7) is 6.02. The van der Waals surface area contributed by atoms with E-state index in [2.05, 4.69) is 20.1 Å². The number of esters is 1. The van der Waals surface area contributed by atoms with Gasteiger partial charge in [0, 0.05) is 29.5 Å². The van der Waals surface area contributed by atoms with Gasteiger partial charge in [-0.05, 0) is 50.1 Å². The Kier molecular flexibility index (Phi) is 5.55. The first-order chi connectivity index (χ1) is 16.0. The molecule has 5 rings (SSSR count). The van der Waals surface area contributed by atoms with E-state index in [-0.39, 0.29) is 12.6 Å². The number of ether oxygens (including phenoxy) is 1. The average Bonchev–Trinajstić information content (AvgIpc) is 3.41. The van der Waals surface area contributed by atoms with Gasteiger partial charge in [-0.3, -0.25) is 0 Å². The van der Waals surface area contributed by atoms with Crippen molar-refractivity contribution in [3.63, 3.8) is 0 Å². The van der Waals surface area contributed by atoms with Gasteiger partial charge in [0.15, 0.2) is 0 Å². The largest absolute Gasteiger partial charge is 0.456 e. The summed E-state index contributed by atoms with van der Waals surface area (Å²) in [7, 11) is 0. The molecule has 0 aliphatic carbocycles. The molecule has 0 N–H and O–H groups in total. The van der Waals surface area contributed by atoms with Crippen molar-refractivity contribution < 1.29 is 9.53 Å². The molecule has 0 saturated carbocycles. The highest BCUT2D eigenvalue weighted by molar-refractivity contribution is 7.98. The molecule has 0 spiro atoms. The van der Waals surface area contributed by atoms with Crippen LogP contribution in [0.15, 0.2) is 60.0 Å². The zero-order valence-electron chi connectivity index (χ0n) is 18.5. The fraction of sp³-hybridized carbons (Fsp3) is 0.208. The highest BCUT2D eigenvalue weighted by Crippen LogP contribution is 2.23. The van der Waals surface area contributed by atoms with Crippen LogP contribution in [0.4, 0.5) is 0 Å². The molecular formula is C24H22N6O2S. The number of thioether (sulfide) groups is 1. The predicted molar refractivity (Wildman–Crippen MR) is 125 cm³/mol. The third-order valence-electron chi connectivity index (χ3n) is 5.27. The van der Waals surface area contributed by atoms with Gasteiger partial charge in [0.05, 0.1) is 11.3 Å². The maximum absolute atomic E-state index is 12.8. The zero-order chi connectivity index (χ0) is 22.9. The van der Waals surface area contributed by atoms with Crippen molar-refractivity contribution in [2.75, 3.05) is 0 Å². The molecule has 166 valence electrons. The molecule has 8 nitrogen and oxygen atoms in total. The minimum atomic E-state index is -0.379. The van der Waals surface area contributed by atoms with Gasteiger partial charge in [0.1, 0.15) is 12.3 Å². The third kappa shape index (κ3) is 4.31. The zero-order valence-corrected chi connectivity index (χ0v) is 19.3. The molecule has 5 aromatic rings. The van der Waals surface area contributed by atoms with Crippen LogP contribution in [0.3, 0.4) is 0 Å². The molecule has 0 unspecified atom stereocenters. The number of rotatable bonds is 6. The molecule has 33 heavy (non-hydrogen) atoms. The Bertz CT molecular complexity index is 1490. The quantitative estimate of drug-likeness (QED) is 0.276. The van der Waals surface area contributed by atoms with Gasteiger partial charge in [0.25, 0.3) is 5.78 Å². The Hall–Kier alpha value is -3.72. The fourth-order valence-corrected chi connectivity index (χ4v) is 4.51. The summed E-state index contributed by atoms with van der Waals surface area (Å²) in [5, 5.41) is 5.14. The number of carbonyl (C=O) groups is 1. The second-order valence-corrected chi connectivity index (χ2v) is 8.76. The van der Waals surface area contributed by atoms with E-state index in [9.17, 15) is 4.79 Å². The highest BCUT2D eigenvalue weighted by atomic mass is 32.2. The summed E-state index contributed by atoms with van der Waals surface area (Å²) in [4.78, 5) is 26.3. The Morgan fingerprint density at radius 3 is 2.76 bits per heavy atom. The normalized spacial score (nSPS) is 11.4. The van der Waals surface area contributed by atoms with E-state index in [0.717, 1.165) is 28.2 Å². The van der Waals surface area contributed by atoms with Crippen molar-refractivity contribution in [3.05, 3.63) is 88.6 Å². The summed E-state index contributed by atoms with van der Waals surface area (Å²) in [6.07, 6.45) is 3.81. The first-order valence-electron chi connectivity index (χ1n) is 10.5. The van der Waals surface area contributed by atoms with Gasteiger partial charge in [-0.2, -0.15) is 4.98 Å². The molecule has 4 heterocycles. The van der Waals surface area contributed by atoms with E-state index >= 15 is 0 Å². The molecule has 0 amide bonds. The SMILES string of the molecule is Cc1cc(C)n2nc(SCc3ccccc3C(=O)OCc3cn4cccc(C)c4n3)nc2n1. The Morgan fingerprint density at radius 2 is 1.91 bits per heavy atom. The Labute approximate surface area is 194 Å². The van der Waals surface area contributed by atoms with E-state index < -0.39 is 0 Å². The van der Waals surface area contributed by atoms with Crippen LogP contribution < -0.4 is 0 Å². The summed E-state index contributed by atoms with van der Waals surface area (Å²) in [5.74, 6) is 0.731. The number of imidazole rings is 1. The number of pyridine rings is 1. The Balaban J connectivity index is 1.29. The van der Waals surface area contributed by atoms with Crippen LogP contribution in [0, 0.1) is 20.8 Å². The van der Waals surface area contributed by atoms with Gasteiger partial charge in [-0.1, -0.05) is 36.0 Å². The van der Waals surface area contributed by atoms with Crippen molar-refractivity contribution in [1.29, 1.82) is 0 Å². The average molecular weight is 459 g/mol. The molecule has 0 atom stereocenters. The van der Waals surface area contributed by atoms with Gasteiger partial charge in [-0.15, -0.1) is 5.10 Å². The van der Waals surface area contributed by atoms with Crippen molar-refractivity contribution in [2.24, 2.45) is 0 Å². The lowest BCUT2D eigenvalue weighted by molar-refractivity contribution is 0.0467. The van der Waals surface area contributed by atoms with Gasteiger partial charge in [0.2, 0.25) is 5.16 Å². The van der Waals surface area contributed by atoms with Gasteiger partial charge < -0.3 is 9.14 Å². The first kappa shape index (κ1) is 21.1. The van der Waals surface area contributed by atoms with Gasteiger partial charge in [-0.25, -0.2) is 19.3 Å². The molecule has 4 aromatic heterocycles. The van der Waals surface area contributed by atoms with E-state index in [1.807, 2.05) is 74.0 Å². The second-order valence-electron chi connectivity index (χ2n) is 7.82. The van der Waals surface area contributed by atoms with Crippen molar-refractivity contribution >= 4 is 29.2 Å². The summed E-state index contributed by atoms with van der Waals surface area (Å²) < 4.78 is 9.25. The standard InChI is InChI=1S/C24H22N6O2S/c1-15-7-6-10-29-12-19(26-21(15)29)13-32-22(31)20-9-5-4-8-18(20)14-33-24-27-23-25-16(2)11-17(3)30(23)28-24/h4-12H,13-14H2,1-3H3. The fourth-order valence-electron chi connectivity index (χ4n) is 3.69. The number of aryl methyl sites for hydroxylation is 3. The molecule has 1 aromatic carbocycles. The number of hydrogen-bond acceptors (Lipinski definition) is 7. The number of hydrogen-bond donors (Lipinski definition) is 0. The second kappa shape index (κ2) is 8.67. The molecular weight excluding hydrogens is 436 g/mol. The van der Waals surface area contributed by atoms with E-state index in [1.165, 1.54) is 11.8 Å². The van der Waals surface area contributed by atoms with Crippen molar-refractivity contribution in [3.8, 4) is 0 Å².